The molecule has 2 N–H and O–H groups in total. The minimum absolute atomic E-state index is 0.107. The molecule has 26 heavy (non-hydrogen) atoms. The number of hydrogen-bond acceptors (Lipinski definition) is 5. The smallest absolute Gasteiger partial charge is 0.354 e. The standard InChI is InChI=1S/C18H21N3O5/c1-2-3-10-20-16(24)12-6-4-5-7-13(12)21-15(23)8-9-18(20,21)17(25)26-11-14(19)22/h4-7H,2-3,8-11H2,1H3,(H2,19,22)/t18-/m1/s1. The lowest BCUT2D eigenvalue weighted by Gasteiger charge is -2.48. The van der Waals surface area contributed by atoms with Crippen LogP contribution in [0.1, 0.15) is 43.0 Å². The van der Waals surface area contributed by atoms with E-state index in [0.29, 0.717) is 24.2 Å². The van der Waals surface area contributed by atoms with Crippen LogP contribution in [0.25, 0.3) is 0 Å². The first kappa shape index (κ1) is 17.9. The highest BCUT2D eigenvalue weighted by Gasteiger charge is 2.61. The number of unbranched alkanes of at least 4 members (excludes halogenated alkanes) is 1. The van der Waals surface area contributed by atoms with Gasteiger partial charge in [-0.1, -0.05) is 25.5 Å². The van der Waals surface area contributed by atoms with Crippen molar-refractivity contribution in [2.45, 2.75) is 38.3 Å². The van der Waals surface area contributed by atoms with Crippen molar-refractivity contribution < 1.29 is 23.9 Å². The van der Waals surface area contributed by atoms with E-state index in [1.807, 2.05) is 6.92 Å². The van der Waals surface area contributed by atoms with Crippen LogP contribution in [0.4, 0.5) is 5.69 Å². The van der Waals surface area contributed by atoms with Gasteiger partial charge in [-0.3, -0.25) is 19.3 Å². The van der Waals surface area contributed by atoms with Crippen molar-refractivity contribution in [1.29, 1.82) is 0 Å². The summed E-state index contributed by atoms with van der Waals surface area (Å²) in [6.45, 7) is 1.68. The van der Waals surface area contributed by atoms with Crippen molar-refractivity contribution in [1.82, 2.24) is 4.90 Å². The molecule has 3 rings (SSSR count). The summed E-state index contributed by atoms with van der Waals surface area (Å²) < 4.78 is 5.07. The molecule has 2 aliphatic rings. The Bertz CT molecular complexity index is 778. The topological polar surface area (TPSA) is 110 Å². The lowest BCUT2D eigenvalue weighted by molar-refractivity contribution is -0.159. The second-order valence-electron chi connectivity index (χ2n) is 6.42. The van der Waals surface area contributed by atoms with Crippen LogP contribution in [0.2, 0.25) is 0 Å². The summed E-state index contributed by atoms with van der Waals surface area (Å²) in [6, 6.07) is 6.71. The van der Waals surface area contributed by atoms with E-state index in [9.17, 15) is 19.2 Å². The van der Waals surface area contributed by atoms with E-state index in [4.69, 9.17) is 10.5 Å². The number of ether oxygens (including phenoxy) is 1. The highest BCUT2D eigenvalue weighted by Crippen LogP contribution is 2.45. The zero-order chi connectivity index (χ0) is 18.9. The number of benzene rings is 1. The first-order valence-corrected chi connectivity index (χ1v) is 8.63. The molecule has 1 saturated heterocycles. The summed E-state index contributed by atoms with van der Waals surface area (Å²) in [5, 5.41) is 0. The van der Waals surface area contributed by atoms with Crippen molar-refractivity contribution in [3.8, 4) is 0 Å². The van der Waals surface area contributed by atoms with E-state index in [0.717, 1.165) is 6.42 Å². The molecule has 138 valence electrons. The van der Waals surface area contributed by atoms with Gasteiger partial charge in [0.05, 0.1) is 11.3 Å². The van der Waals surface area contributed by atoms with Crippen molar-refractivity contribution >= 4 is 29.4 Å². The predicted molar refractivity (Wildman–Crippen MR) is 92.0 cm³/mol. The van der Waals surface area contributed by atoms with Gasteiger partial charge in [-0.25, -0.2) is 4.79 Å². The fourth-order valence-electron chi connectivity index (χ4n) is 3.62. The first-order chi connectivity index (χ1) is 12.4. The maximum absolute atomic E-state index is 13.1. The largest absolute Gasteiger partial charge is 0.452 e. The number of carbonyl (C=O) groups is 4. The van der Waals surface area contributed by atoms with Crippen LogP contribution in [0, 0.1) is 0 Å². The average Bonchev–Trinajstić information content (AvgIpc) is 2.98. The number of fused-ring (bicyclic) bond motifs is 3. The predicted octanol–water partition coefficient (Wildman–Crippen LogP) is 0.794. The Morgan fingerprint density at radius 2 is 2.00 bits per heavy atom. The van der Waals surface area contributed by atoms with Gasteiger partial charge >= 0.3 is 5.97 Å². The summed E-state index contributed by atoms with van der Waals surface area (Å²) in [5.41, 5.74) is 4.28. The van der Waals surface area contributed by atoms with Gasteiger partial charge < -0.3 is 15.4 Å². The molecule has 0 spiro atoms. The van der Waals surface area contributed by atoms with Gasteiger partial charge in [0.25, 0.3) is 11.8 Å². The average molecular weight is 359 g/mol. The number of anilines is 1. The molecule has 2 heterocycles. The molecule has 0 radical (unpaired) electrons. The van der Waals surface area contributed by atoms with Gasteiger partial charge in [0, 0.05) is 19.4 Å². The van der Waals surface area contributed by atoms with Crippen LogP contribution in [0.3, 0.4) is 0 Å². The fourth-order valence-corrected chi connectivity index (χ4v) is 3.62. The zero-order valence-electron chi connectivity index (χ0n) is 14.6. The van der Waals surface area contributed by atoms with Gasteiger partial charge in [-0.2, -0.15) is 0 Å². The van der Waals surface area contributed by atoms with Gasteiger partial charge in [-0.15, -0.1) is 0 Å². The second kappa shape index (κ2) is 6.78. The summed E-state index contributed by atoms with van der Waals surface area (Å²) in [5.74, 6) is -2.19. The van der Waals surface area contributed by atoms with E-state index in [1.165, 1.54) is 9.80 Å². The van der Waals surface area contributed by atoms with Crippen LogP contribution < -0.4 is 10.6 Å². The number of esters is 1. The number of nitrogens with zero attached hydrogens (tertiary/aromatic N) is 2. The molecule has 0 saturated carbocycles. The lowest BCUT2D eigenvalue weighted by atomic mass is 9.96. The molecule has 1 aromatic carbocycles. The van der Waals surface area contributed by atoms with E-state index < -0.39 is 24.1 Å². The Balaban J connectivity index is 2.12. The molecule has 0 bridgehead atoms. The van der Waals surface area contributed by atoms with E-state index in [-0.39, 0.29) is 24.7 Å². The summed E-state index contributed by atoms with van der Waals surface area (Å²) in [7, 11) is 0. The quantitative estimate of drug-likeness (QED) is 0.755. The summed E-state index contributed by atoms with van der Waals surface area (Å²) >= 11 is 0. The Morgan fingerprint density at radius 3 is 2.69 bits per heavy atom. The number of nitrogens with two attached hydrogens (primary N) is 1. The molecule has 2 aliphatic heterocycles. The van der Waals surface area contributed by atoms with Crippen LogP contribution in [-0.4, -0.2) is 47.4 Å². The Labute approximate surface area is 150 Å². The number of hydrogen-bond donors (Lipinski definition) is 1. The monoisotopic (exact) mass is 359 g/mol. The molecular formula is C18H21N3O5. The number of primary amides is 1. The highest BCUT2D eigenvalue weighted by molar-refractivity contribution is 6.15. The maximum atomic E-state index is 13.1. The second-order valence-corrected chi connectivity index (χ2v) is 6.42. The normalized spacial score (nSPS) is 21.4. The Hall–Kier alpha value is -2.90. The third-order valence-corrected chi connectivity index (χ3v) is 4.78. The van der Waals surface area contributed by atoms with Crippen molar-refractivity contribution in [2.24, 2.45) is 5.73 Å². The Morgan fingerprint density at radius 1 is 1.27 bits per heavy atom. The fraction of sp³-hybridized carbons (Fsp3) is 0.444. The third kappa shape index (κ3) is 2.61. The molecular weight excluding hydrogens is 338 g/mol. The Kier molecular flexibility index (Phi) is 4.67. The molecule has 0 aromatic heterocycles. The summed E-state index contributed by atoms with van der Waals surface area (Å²) in [6.07, 6.45) is 1.70. The van der Waals surface area contributed by atoms with Crippen LogP contribution in [0.5, 0.6) is 0 Å². The van der Waals surface area contributed by atoms with Crippen molar-refractivity contribution in [3.63, 3.8) is 0 Å². The summed E-state index contributed by atoms with van der Waals surface area (Å²) in [4.78, 5) is 52.5. The number of rotatable bonds is 6. The van der Waals surface area contributed by atoms with Gasteiger partial charge in [-0.05, 0) is 18.6 Å². The van der Waals surface area contributed by atoms with Crippen molar-refractivity contribution in [2.75, 3.05) is 18.1 Å². The van der Waals surface area contributed by atoms with Gasteiger partial charge in [0.2, 0.25) is 11.6 Å². The highest BCUT2D eigenvalue weighted by atomic mass is 16.5. The van der Waals surface area contributed by atoms with Crippen LogP contribution in [0.15, 0.2) is 24.3 Å². The van der Waals surface area contributed by atoms with Crippen LogP contribution >= 0.6 is 0 Å². The molecule has 3 amide bonds. The molecule has 0 unspecified atom stereocenters. The lowest BCUT2D eigenvalue weighted by Crippen LogP contribution is -2.68. The third-order valence-electron chi connectivity index (χ3n) is 4.78. The number of amides is 3. The van der Waals surface area contributed by atoms with Crippen molar-refractivity contribution in [3.05, 3.63) is 29.8 Å². The van der Waals surface area contributed by atoms with E-state index in [2.05, 4.69) is 0 Å². The minimum Gasteiger partial charge on any atom is -0.452 e. The first-order valence-electron chi connectivity index (χ1n) is 8.63. The molecule has 8 nitrogen and oxygen atoms in total. The molecule has 1 atom stereocenters. The number of carbonyl (C=O) groups excluding carboxylic acids is 4. The van der Waals surface area contributed by atoms with Crippen LogP contribution in [-0.2, 0) is 19.1 Å². The molecule has 1 fully saturated rings. The SMILES string of the molecule is CCCCN1C(=O)c2ccccc2N2C(=O)CC[C@@]12C(=O)OCC(N)=O. The van der Waals surface area contributed by atoms with Gasteiger partial charge in [0.1, 0.15) is 0 Å². The van der Waals surface area contributed by atoms with E-state index in [1.54, 1.807) is 24.3 Å². The zero-order valence-corrected chi connectivity index (χ0v) is 14.6. The maximum Gasteiger partial charge on any atom is 0.354 e. The molecule has 1 aromatic rings. The minimum atomic E-state index is -1.56. The van der Waals surface area contributed by atoms with Gasteiger partial charge in [0.15, 0.2) is 6.61 Å². The number of para-hydroxylation sites is 1. The molecule has 8 heteroatoms. The van der Waals surface area contributed by atoms with E-state index >= 15 is 0 Å². The molecule has 0 aliphatic carbocycles.